The Kier molecular flexibility index (Phi) is 8.76. The van der Waals surface area contributed by atoms with Crippen LogP contribution < -0.4 is 20.1 Å². The maximum Gasteiger partial charge on any atom is 0.416 e. The van der Waals surface area contributed by atoms with Gasteiger partial charge in [0.2, 0.25) is 0 Å². The van der Waals surface area contributed by atoms with Gasteiger partial charge in [0.1, 0.15) is 17.4 Å². The molecule has 0 aliphatic rings. The first kappa shape index (κ1) is 28.9. The number of hydrogen-bond donors (Lipinski definition) is 2. The average Bonchev–Trinajstić information content (AvgIpc) is 2.96. The summed E-state index contributed by atoms with van der Waals surface area (Å²) in [5.74, 6) is -1.37. The molecule has 0 spiro atoms. The topological polar surface area (TPSA) is 85.9 Å². The van der Waals surface area contributed by atoms with E-state index < -0.39 is 35.7 Å². The Morgan fingerprint density at radius 2 is 1.34 bits per heavy atom. The fourth-order valence-corrected chi connectivity index (χ4v) is 3.95. The van der Waals surface area contributed by atoms with Crippen LogP contribution in [0.3, 0.4) is 0 Å². The third-order valence-electron chi connectivity index (χ3n) is 5.94. The molecule has 0 aliphatic heterocycles. The quantitative estimate of drug-likeness (QED) is 0.170. The van der Waals surface area contributed by atoms with Crippen LogP contribution in [-0.2, 0) is 10.9 Å². The van der Waals surface area contributed by atoms with Gasteiger partial charge >= 0.3 is 18.2 Å². The van der Waals surface area contributed by atoms with Gasteiger partial charge in [-0.1, -0.05) is 42.5 Å². The van der Waals surface area contributed by atoms with Crippen molar-refractivity contribution in [2.75, 3.05) is 24.9 Å². The van der Waals surface area contributed by atoms with Gasteiger partial charge in [0.05, 0.1) is 19.8 Å². The van der Waals surface area contributed by atoms with E-state index in [4.69, 9.17) is 14.2 Å². The molecule has 4 aromatic carbocycles. The number of carbonyl (C=O) groups excluding carboxylic acids is 2. The number of carbonyl (C=O) groups is 2. The number of anilines is 2. The Hall–Kier alpha value is -5.06. The third-order valence-corrected chi connectivity index (χ3v) is 5.94. The van der Waals surface area contributed by atoms with E-state index in [-0.39, 0.29) is 28.4 Å². The molecule has 0 aromatic heterocycles. The summed E-state index contributed by atoms with van der Waals surface area (Å²) in [6, 6.07) is 20.6. The van der Waals surface area contributed by atoms with Crippen LogP contribution >= 0.6 is 0 Å². The standard InChI is InChI=1S/C30H24F4N2O5/c1-39-26-15-13-22(17-24(26)31)36-29(38)35-21-12-14-25(23(16-21)28(37)40-2)41-27(18-6-4-3-5-7-18)19-8-10-20(11-9-19)30(32,33)34/h3-17,27H,1-2H3,(H2,35,36,38). The molecule has 212 valence electrons. The van der Waals surface area contributed by atoms with E-state index in [1.807, 2.05) is 0 Å². The van der Waals surface area contributed by atoms with E-state index >= 15 is 0 Å². The van der Waals surface area contributed by atoms with Crippen LogP contribution in [0.25, 0.3) is 0 Å². The highest BCUT2D eigenvalue weighted by molar-refractivity contribution is 6.01. The molecule has 0 saturated carbocycles. The Bertz CT molecular complexity index is 1530. The van der Waals surface area contributed by atoms with E-state index in [9.17, 15) is 27.2 Å². The lowest BCUT2D eigenvalue weighted by atomic mass is 9.99. The van der Waals surface area contributed by atoms with Crippen LogP contribution in [0.15, 0.2) is 91.0 Å². The second-order valence-electron chi connectivity index (χ2n) is 8.66. The third kappa shape index (κ3) is 7.13. The first-order valence-corrected chi connectivity index (χ1v) is 12.1. The first-order chi connectivity index (χ1) is 19.6. The maximum atomic E-state index is 14.0. The Morgan fingerprint density at radius 1 is 0.756 bits per heavy atom. The van der Waals surface area contributed by atoms with E-state index in [2.05, 4.69) is 10.6 Å². The van der Waals surface area contributed by atoms with E-state index in [0.717, 1.165) is 18.2 Å². The zero-order valence-electron chi connectivity index (χ0n) is 21.8. The molecule has 7 nitrogen and oxygen atoms in total. The van der Waals surface area contributed by atoms with Crippen LogP contribution in [0.4, 0.5) is 33.7 Å². The molecule has 0 heterocycles. The number of hydrogen-bond acceptors (Lipinski definition) is 5. The Morgan fingerprint density at radius 3 is 1.90 bits per heavy atom. The number of nitrogens with one attached hydrogen (secondary N) is 2. The van der Waals surface area contributed by atoms with Crippen molar-refractivity contribution < 1.29 is 41.4 Å². The molecule has 1 atom stereocenters. The van der Waals surface area contributed by atoms with Gasteiger partial charge in [0.25, 0.3) is 0 Å². The van der Waals surface area contributed by atoms with E-state index in [1.165, 1.54) is 56.7 Å². The van der Waals surface area contributed by atoms with Gasteiger partial charge in [-0.15, -0.1) is 0 Å². The van der Waals surface area contributed by atoms with E-state index in [0.29, 0.717) is 11.1 Å². The van der Waals surface area contributed by atoms with Gasteiger partial charge in [0, 0.05) is 17.4 Å². The van der Waals surface area contributed by atoms with Gasteiger partial charge in [-0.2, -0.15) is 13.2 Å². The maximum absolute atomic E-state index is 14.0. The summed E-state index contributed by atoms with van der Waals surface area (Å²) in [6.45, 7) is 0. The monoisotopic (exact) mass is 568 g/mol. The lowest BCUT2D eigenvalue weighted by Crippen LogP contribution is -2.20. The molecule has 4 aromatic rings. The molecule has 0 saturated heterocycles. The van der Waals surface area contributed by atoms with Crippen molar-refractivity contribution in [2.45, 2.75) is 12.3 Å². The summed E-state index contributed by atoms with van der Waals surface area (Å²) in [5, 5.41) is 5.03. The van der Waals surface area contributed by atoms with Gasteiger partial charge in [-0.25, -0.2) is 14.0 Å². The predicted octanol–water partition coefficient (Wildman–Crippen LogP) is 7.45. The molecule has 1 unspecified atom stereocenters. The molecular weight excluding hydrogens is 544 g/mol. The minimum absolute atomic E-state index is 0.0133. The highest BCUT2D eigenvalue weighted by Crippen LogP contribution is 2.35. The fourth-order valence-electron chi connectivity index (χ4n) is 3.95. The van der Waals surface area contributed by atoms with Gasteiger partial charge < -0.3 is 24.8 Å². The van der Waals surface area contributed by atoms with Gasteiger partial charge in [-0.05, 0) is 53.6 Å². The fraction of sp³-hybridized carbons (Fsp3) is 0.133. The number of rotatable bonds is 8. The normalized spacial score (nSPS) is 11.8. The van der Waals surface area contributed by atoms with Gasteiger partial charge in [-0.3, -0.25) is 0 Å². The minimum atomic E-state index is -4.50. The van der Waals surface area contributed by atoms with Crippen LogP contribution in [0.1, 0.15) is 33.2 Å². The Balaban J connectivity index is 1.61. The average molecular weight is 569 g/mol. The zero-order chi connectivity index (χ0) is 29.6. The largest absolute Gasteiger partial charge is 0.494 e. The molecule has 41 heavy (non-hydrogen) atoms. The molecule has 2 amide bonds. The molecule has 0 bridgehead atoms. The molecule has 2 N–H and O–H groups in total. The molecule has 0 fully saturated rings. The van der Waals surface area contributed by atoms with Crippen molar-refractivity contribution in [2.24, 2.45) is 0 Å². The van der Waals surface area contributed by atoms with Crippen molar-refractivity contribution in [3.05, 3.63) is 119 Å². The number of halogens is 4. The van der Waals surface area contributed by atoms with Crippen LogP contribution in [-0.4, -0.2) is 26.2 Å². The van der Waals surface area contributed by atoms with Gasteiger partial charge in [0.15, 0.2) is 11.6 Å². The number of esters is 1. The summed E-state index contributed by atoms with van der Waals surface area (Å²) in [7, 11) is 2.48. The van der Waals surface area contributed by atoms with Crippen LogP contribution in [0.2, 0.25) is 0 Å². The highest BCUT2D eigenvalue weighted by atomic mass is 19.4. The summed E-state index contributed by atoms with van der Waals surface area (Å²) in [5.41, 5.74) is 0.527. The second-order valence-corrected chi connectivity index (χ2v) is 8.66. The highest BCUT2D eigenvalue weighted by Gasteiger charge is 2.31. The molecule has 4 rings (SSSR count). The summed E-state index contributed by atoms with van der Waals surface area (Å²) >= 11 is 0. The van der Waals surface area contributed by atoms with Crippen molar-refractivity contribution in [1.29, 1.82) is 0 Å². The second kappa shape index (κ2) is 12.4. The summed E-state index contributed by atoms with van der Waals surface area (Å²) < 4.78 is 69.3. The molecule has 0 aliphatic carbocycles. The summed E-state index contributed by atoms with van der Waals surface area (Å²) in [6.07, 6.45) is -5.38. The Labute approximate surface area is 232 Å². The lowest BCUT2D eigenvalue weighted by Gasteiger charge is -2.22. The molecule has 0 radical (unpaired) electrons. The van der Waals surface area contributed by atoms with Crippen molar-refractivity contribution in [1.82, 2.24) is 0 Å². The predicted molar refractivity (Wildman–Crippen MR) is 144 cm³/mol. The van der Waals surface area contributed by atoms with Crippen molar-refractivity contribution >= 4 is 23.4 Å². The first-order valence-electron chi connectivity index (χ1n) is 12.1. The molecule has 11 heteroatoms. The summed E-state index contributed by atoms with van der Waals surface area (Å²) in [4.78, 5) is 25.2. The van der Waals surface area contributed by atoms with Crippen LogP contribution in [0.5, 0.6) is 11.5 Å². The van der Waals surface area contributed by atoms with Crippen LogP contribution in [0, 0.1) is 5.82 Å². The lowest BCUT2D eigenvalue weighted by molar-refractivity contribution is -0.137. The number of alkyl halides is 3. The molecular formula is C30H24F4N2O5. The minimum Gasteiger partial charge on any atom is -0.494 e. The SMILES string of the molecule is COC(=O)c1cc(NC(=O)Nc2ccc(OC)c(F)c2)ccc1OC(c1ccccc1)c1ccc(C(F)(F)F)cc1. The number of amides is 2. The smallest absolute Gasteiger partial charge is 0.416 e. The number of methoxy groups -OCH3 is 2. The van der Waals surface area contributed by atoms with E-state index in [1.54, 1.807) is 30.3 Å². The number of ether oxygens (including phenoxy) is 3. The number of benzene rings is 4. The van der Waals surface area contributed by atoms with Crippen molar-refractivity contribution in [3.63, 3.8) is 0 Å². The van der Waals surface area contributed by atoms with Crippen molar-refractivity contribution in [3.8, 4) is 11.5 Å². The number of urea groups is 1. The zero-order valence-corrected chi connectivity index (χ0v) is 21.8.